The Morgan fingerprint density at radius 3 is 2.29 bits per heavy atom. The zero-order valence-electron chi connectivity index (χ0n) is 10.2. The van der Waals surface area contributed by atoms with Crippen molar-refractivity contribution in [2.24, 2.45) is 5.92 Å². The maximum Gasteiger partial charge on any atom is 0.281 e. The van der Waals surface area contributed by atoms with Gasteiger partial charge in [0.15, 0.2) is 0 Å². The Morgan fingerprint density at radius 2 is 1.65 bits per heavy atom. The van der Waals surface area contributed by atoms with Gasteiger partial charge in [-0.15, -0.1) is 0 Å². The highest BCUT2D eigenvalue weighted by Crippen LogP contribution is 2.22. The van der Waals surface area contributed by atoms with Crippen LogP contribution in [0.5, 0.6) is 0 Å². The molecule has 1 atom stereocenters. The second kappa shape index (κ2) is 5.65. The van der Waals surface area contributed by atoms with Crippen LogP contribution in [0.4, 0.5) is 0 Å². The minimum Gasteiger partial charge on any atom is -0.396 e. The van der Waals surface area contributed by atoms with Gasteiger partial charge in [0, 0.05) is 32.8 Å². The fourth-order valence-corrected chi connectivity index (χ4v) is 4.45. The van der Waals surface area contributed by atoms with Crippen molar-refractivity contribution in [3.8, 4) is 0 Å². The Balaban J connectivity index is 2.03. The second-order valence-corrected chi connectivity index (χ2v) is 6.94. The average Bonchev–Trinajstić information content (AvgIpc) is 2.40. The Bertz CT molecular complexity index is 339. The van der Waals surface area contributed by atoms with E-state index >= 15 is 0 Å². The fourth-order valence-electron chi connectivity index (χ4n) is 2.64. The van der Waals surface area contributed by atoms with Crippen LogP contribution in [0.3, 0.4) is 0 Å². The summed E-state index contributed by atoms with van der Waals surface area (Å²) in [6, 6.07) is 0. The van der Waals surface area contributed by atoms with Crippen molar-refractivity contribution in [2.45, 2.75) is 32.1 Å². The van der Waals surface area contributed by atoms with Gasteiger partial charge in [-0.2, -0.15) is 17.0 Å². The monoisotopic (exact) mass is 262 g/mol. The molecule has 0 aromatic rings. The number of rotatable bonds is 3. The first-order valence-electron chi connectivity index (χ1n) is 6.50. The molecule has 1 N–H and O–H groups in total. The number of piperidine rings is 2. The molecule has 0 saturated carbocycles. The van der Waals surface area contributed by atoms with Gasteiger partial charge in [-0.05, 0) is 31.6 Å². The Kier molecular flexibility index (Phi) is 4.41. The Morgan fingerprint density at radius 1 is 1.00 bits per heavy atom. The summed E-state index contributed by atoms with van der Waals surface area (Å²) in [4.78, 5) is 0. The molecule has 0 bridgehead atoms. The highest BCUT2D eigenvalue weighted by molar-refractivity contribution is 7.86. The van der Waals surface area contributed by atoms with Crippen molar-refractivity contribution < 1.29 is 13.5 Å². The third kappa shape index (κ3) is 2.99. The Hall–Kier alpha value is -0.170. The van der Waals surface area contributed by atoms with Crippen LogP contribution in [0.15, 0.2) is 0 Å². The van der Waals surface area contributed by atoms with E-state index in [9.17, 15) is 8.42 Å². The zero-order valence-corrected chi connectivity index (χ0v) is 11.0. The van der Waals surface area contributed by atoms with E-state index in [1.54, 1.807) is 8.61 Å². The van der Waals surface area contributed by atoms with Gasteiger partial charge in [-0.25, -0.2) is 0 Å². The largest absolute Gasteiger partial charge is 0.396 e. The molecule has 0 spiro atoms. The van der Waals surface area contributed by atoms with E-state index in [0.717, 1.165) is 32.1 Å². The molecule has 1 unspecified atom stereocenters. The third-order valence-corrected chi connectivity index (χ3v) is 5.71. The summed E-state index contributed by atoms with van der Waals surface area (Å²) in [5, 5.41) is 9.15. The normalized spacial score (nSPS) is 29.4. The number of nitrogens with zero attached hydrogens (tertiary/aromatic N) is 2. The minimum absolute atomic E-state index is 0.0893. The molecule has 0 aromatic heterocycles. The molecule has 2 aliphatic heterocycles. The molecular weight excluding hydrogens is 240 g/mol. The first-order chi connectivity index (χ1) is 8.14. The molecular formula is C11H22N2O3S. The summed E-state index contributed by atoms with van der Waals surface area (Å²) < 4.78 is 27.9. The summed E-state index contributed by atoms with van der Waals surface area (Å²) in [6.45, 7) is 2.49. The third-order valence-electron chi connectivity index (χ3n) is 3.71. The van der Waals surface area contributed by atoms with Gasteiger partial charge < -0.3 is 5.11 Å². The topological polar surface area (TPSA) is 60.9 Å². The predicted octanol–water partition coefficient (Wildman–Crippen LogP) is 0.421. The van der Waals surface area contributed by atoms with Crippen molar-refractivity contribution in [3.63, 3.8) is 0 Å². The molecule has 0 aromatic carbocycles. The van der Waals surface area contributed by atoms with Crippen LogP contribution in [0.1, 0.15) is 32.1 Å². The maximum absolute atomic E-state index is 12.4. The summed E-state index contributed by atoms with van der Waals surface area (Å²) in [7, 11) is -3.27. The first-order valence-corrected chi connectivity index (χ1v) is 7.90. The highest BCUT2D eigenvalue weighted by Gasteiger charge is 2.33. The summed E-state index contributed by atoms with van der Waals surface area (Å²) in [5.74, 6) is 0.114. The van der Waals surface area contributed by atoms with Crippen LogP contribution in [0.2, 0.25) is 0 Å². The van der Waals surface area contributed by atoms with E-state index in [2.05, 4.69) is 0 Å². The summed E-state index contributed by atoms with van der Waals surface area (Å²) in [6.07, 6.45) is 4.86. The van der Waals surface area contributed by atoms with Gasteiger partial charge in [0.05, 0.1) is 0 Å². The SMILES string of the molecule is O=S(=O)(N1CCCCC1)N1CCCC(CO)C1. The smallest absolute Gasteiger partial charge is 0.281 e. The number of hydrogen-bond acceptors (Lipinski definition) is 3. The standard InChI is InChI=1S/C11H22N2O3S/c14-10-11-5-4-8-13(9-11)17(15,16)12-6-2-1-3-7-12/h11,14H,1-10H2. The molecule has 2 fully saturated rings. The van der Waals surface area contributed by atoms with Crippen LogP contribution in [0.25, 0.3) is 0 Å². The van der Waals surface area contributed by atoms with Crippen LogP contribution >= 0.6 is 0 Å². The fraction of sp³-hybridized carbons (Fsp3) is 1.00. The molecule has 0 aliphatic carbocycles. The Labute approximate surface area is 104 Å². The lowest BCUT2D eigenvalue weighted by atomic mass is 10.0. The lowest BCUT2D eigenvalue weighted by molar-refractivity contribution is 0.159. The van der Waals surface area contributed by atoms with E-state index in [4.69, 9.17) is 5.11 Å². The molecule has 2 rings (SSSR count). The molecule has 0 amide bonds. The molecule has 17 heavy (non-hydrogen) atoms. The van der Waals surface area contributed by atoms with Crippen molar-refractivity contribution in [1.82, 2.24) is 8.61 Å². The van der Waals surface area contributed by atoms with E-state index < -0.39 is 10.2 Å². The summed E-state index contributed by atoms with van der Waals surface area (Å²) >= 11 is 0. The number of hydrogen-bond donors (Lipinski definition) is 1. The lowest BCUT2D eigenvalue weighted by Crippen LogP contribution is -2.49. The second-order valence-electron chi connectivity index (χ2n) is 5.02. The van der Waals surface area contributed by atoms with Gasteiger partial charge in [0.1, 0.15) is 0 Å². The zero-order chi connectivity index (χ0) is 12.3. The van der Waals surface area contributed by atoms with Crippen molar-refractivity contribution in [2.75, 3.05) is 32.8 Å². The van der Waals surface area contributed by atoms with Crippen molar-refractivity contribution >= 4 is 10.2 Å². The van der Waals surface area contributed by atoms with Crippen molar-refractivity contribution in [3.05, 3.63) is 0 Å². The molecule has 100 valence electrons. The lowest BCUT2D eigenvalue weighted by Gasteiger charge is -2.36. The van der Waals surface area contributed by atoms with Gasteiger partial charge >= 0.3 is 0 Å². The molecule has 6 heteroatoms. The van der Waals surface area contributed by atoms with Crippen molar-refractivity contribution in [1.29, 1.82) is 0 Å². The van der Waals surface area contributed by atoms with Crippen LogP contribution < -0.4 is 0 Å². The van der Waals surface area contributed by atoms with E-state index in [1.165, 1.54) is 0 Å². The van der Waals surface area contributed by atoms with E-state index in [1.807, 2.05) is 0 Å². The van der Waals surface area contributed by atoms with E-state index in [-0.39, 0.29) is 12.5 Å². The highest BCUT2D eigenvalue weighted by atomic mass is 32.2. The number of aliphatic hydroxyl groups is 1. The maximum atomic E-state index is 12.4. The molecule has 2 aliphatic rings. The van der Waals surface area contributed by atoms with Gasteiger partial charge in [-0.3, -0.25) is 0 Å². The minimum atomic E-state index is -3.27. The van der Waals surface area contributed by atoms with Crippen LogP contribution in [-0.4, -0.2) is 54.9 Å². The van der Waals surface area contributed by atoms with Crippen LogP contribution in [0, 0.1) is 5.92 Å². The van der Waals surface area contributed by atoms with Gasteiger partial charge in [0.2, 0.25) is 0 Å². The average molecular weight is 262 g/mol. The van der Waals surface area contributed by atoms with E-state index in [0.29, 0.717) is 26.2 Å². The van der Waals surface area contributed by atoms with Gasteiger partial charge in [0.25, 0.3) is 10.2 Å². The molecule has 0 radical (unpaired) electrons. The molecule has 2 heterocycles. The first kappa shape index (κ1) is 13.3. The van der Waals surface area contributed by atoms with Crippen LogP contribution in [-0.2, 0) is 10.2 Å². The molecule has 5 nitrogen and oxygen atoms in total. The molecule has 2 saturated heterocycles. The predicted molar refractivity (Wildman–Crippen MR) is 65.7 cm³/mol. The van der Waals surface area contributed by atoms with Gasteiger partial charge in [-0.1, -0.05) is 6.42 Å². The number of aliphatic hydroxyl groups excluding tert-OH is 1. The summed E-state index contributed by atoms with van der Waals surface area (Å²) in [5.41, 5.74) is 0. The quantitative estimate of drug-likeness (QED) is 0.802.